The Hall–Kier alpha value is -0.603. The minimum absolute atomic E-state index is 0.719. The molecule has 0 fully saturated rings. The zero-order valence-electron chi connectivity index (χ0n) is 12.6. The van der Waals surface area contributed by atoms with Crippen LogP contribution in [0.3, 0.4) is 0 Å². The highest BCUT2D eigenvalue weighted by atomic mass is 28.4. The molecule has 0 aliphatic heterocycles. The van der Waals surface area contributed by atoms with Gasteiger partial charge in [0.1, 0.15) is 0 Å². The van der Waals surface area contributed by atoms with E-state index in [1.807, 2.05) is 0 Å². The first-order valence-electron chi connectivity index (χ1n) is 7.22. The van der Waals surface area contributed by atoms with Gasteiger partial charge in [-0.3, -0.25) is 0 Å². The molecule has 0 aliphatic carbocycles. The molecule has 0 N–H and O–H groups in total. The van der Waals surface area contributed by atoms with E-state index in [9.17, 15) is 0 Å². The van der Waals surface area contributed by atoms with Crippen molar-refractivity contribution in [3.8, 4) is 0 Å². The molecule has 2 heteroatoms. The fourth-order valence-electron chi connectivity index (χ4n) is 2.39. The Kier molecular flexibility index (Phi) is 6.10. The molecule has 0 bridgehead atoms. The smallest absolute Gasteiger partial charge is 0.195 e. The van der Waals surface area contributed by atoms with Gasteiger partial charge in [0, 0.05) is 0 Å². The maximum atomic E-state index is 6.46. The highest BCUT2D eigenvalue weighted by molar-refractivity contribution is 6.75. The summed E-state index contributed by atoms with van der Waals surface area (Å²) in [5.41, 5.74) is 2.73. The summed E-state index contributed by atoms with van der Waals surface area (Å²) in [6.07, 6.45) is 2.45. The fraction of sp³-hybridized carbons (Fsp3) is 0.625. The molecule has 0 heterocycles. The summed E-state index contributed by atoms with van der Waals surface area (Å²) in [6.45, 7) is 12.5. The molecule has 2 unspecified atom stereocenters. The Balaban J connectivity index is 2.73. The zero-order chi connectivity index (χ0) is 13.6. The highest BCUT2D eigenvalue weighted by Gasteiger charge is 2.39. The molecular formula is C16H28OSi. The van der Waals surface area contributed by atoms with Crippen LogP contribution < -0.4 is 0 Å². The second-order valence-electron chi connectivity index (χ2n) is 5.58. The fourth-order valence-corrected chi connectivity index (χ4v) is 6.03. The van der Waals surface area contributed by atoms with Crippen molar-refractivity contribution < 1.29 is 4.43 Å². The molecule has 0 amide bonds. The van der Waals surface area contributed by atoms with Gasteiger partial charge < -0.3 is 4.43 Å². The van der Waals surface area contributed by atoms with E-state index in [1.54, 1.807) is 0 Å². The minimum atomic E-state index is -1.64. The molecule has 1 aromatic carbocycles. The Morgan fingerprint density at radius 3 is 1.94 bits per heavy atom. The highest BCUT2D eigenvalue weighted by Crippen LogP contribution is 2.38. The van der Waals surface area contributed by atoms with Crippen molar-refractivity contribution in [1.29, 1.82) is 0 Å². The summed E-state index contributed by atoms with van der Waals surface area (Å²) < 4.78 is 6.46. The second kappa shape index (κ2) is 7.10. The van der Waals surface area contributed by atoms with E-state index in [0.29, 0.717) is 0 Å². The third-order valence-corrected chi connectivity index (χ3v) is 10.1. The third kappa shape index (κ3) is 3.69. The van der Waals surface area contributed by atoms with Crippen LogP contribution in [0.4, 0.5) is 0 Å². The summed E-state index contributed by atoms with van der Waals surface area (Å²) in [6, 6.07) is 10.5. The number of benzene rings is 1. The molecule has 2 atom stereocenters. The normalized spacial score (nSPS) is 18.1. The van der Waals surface area contributed by atoms with Gasteiger partial charge in [0.05, 0.1) is 6.61 Å². The zero-order valence-corrected chi connectivity index (χ0v) is 13.6. The summed E-state index contributed by atoms with van der Waals surface area (Å²) in [5.74, 6) is 0. The van der Waals surface area contributed by atoms with Crippen molar-refractivity contribution in [2.75, 3.05) is 0 Å². The molecule has 1 nitrogen and oxygen atoms in total. The summed E-state index contributed by atoms with van der Waals surface area (Å²) in [4.78, 5) is 0. The van der Waals surface area contributed by atoms with Crippen LogP contribution in [0.1, 0.15) is 46.1 Å². The second-order valence-corrected chi connectivity index (χ2v) is 10.2. The maximum Gasteiger partial charge on any atom is 0.195 e. The van der Waals surface area contributed by atoms with E-state index in [2.05, 4.69) is 64.6 Å². The van der Waals surface area contributed by atoms with Crippen LogP contribution in [0.25, 0.3) is 0 Å². The SMILES string of the molecule is CCC(C)[Si](C)(OCc1ccccc1)C(C)CC. The van der Waals surface area contributed by atoms with Crippen LogP contribution in [0.5, 0.6) is 0 Å². The van der Waals surface area contributed by atoms with Gasteiger partial charge in [-0.15, -0.1) is 0 Å². The van der Waals surface area contributed by atoms with Gasteiger partial charge in [-0.2, -0.15) is 0 Å². The van der Waals surface area contributed by atoms with Crippen LogP contribution in [0.2, 0.25) is 17.6 Å². The lowest BCUT2D eigenvalue weighted by Crippen LogP contribution is -2.42. The van der Waals surface area contributed by atoms with Gasteiger partial charge in [-0.05, 0) is 23.2 Å². The van der Waals surface area contributed by atoms with E-state index in [0.717, 1.165) is 17.7 Å². The van der Waals surface area contributed by atoms with Crippen molar-refractivity contribution in [3.05, 3.63) is 35.9 Å². The van der Waals surface area contributed by atoms with Crippen LogP contribution in [-0.4, -0.2) is 8.32 Å². The van der Waals surface area contributed by atoms with Crippen molar-refractivity contribution in [3.63, 3.8) is 0 Å². The van der Waals surface area contributed by atoms with Gasteiger partial charge in [0.2, 0.25) is 0 Å². The van der Waals surface area contributed by atoms with E-state index in [-0.39, 0.29) is 0 Å². The predicted octanol–water partition coefficient (Wildman–Crippen LogP) is 5.38. The molecule has 102 valence electrons. The van der Waals surface area contributed by atoms with Crippen molar-refractivity contribution in [2.24, 2.45) is 0 Å². The first-order valence-corrected chi connectivity index (χ1v) is 9.78. The average molecular weight is 264 g/mol. The van der Waals surface area contributed by atoms with Crippen LogP contribution >= 0.6 is 0 Å². The maximum absolute atomic E-state index is 6.46. The largest absolute Gasteiger partial charge is 0.412 e. The molecule has 0 aromatic heterocycles. The lowest BCUT2D eigenvalue weighted by Gasteiger charge is -2.38. The Morgan fingerprint density at radius 2 is 1.50 bits per heavy atom. The van der Waals surface area contributed by atoms with Crippen LogP contribution in [0.15, 0.2) is 30.3 Å². The summed E-state index contributed by atoms with van der Waals surface area (Å²) in [5, 5.41) is 0. The van der Waals surface area contributed by atoms with E-state index < -0.39 is 8.32 Å². The van der Waals surface area contributed by atoms with E-state index in [4.69, 9.17) is 4.43 Å². The quantitative estimate of drug-likeness (QED) is 0.601. The first-order chi connectivity index (χ1) is 8.54. The molecule has 0 saturated carbocycles. The minimum Gasteiger partial charge on any atom is -0.412 e. The number of hydrogen-bond acceptors (Lipinski definition) is 1. The first kappa shape index (κ1) is 15.5. The summed E-state index contributed by atoms with van der Waals surface area (Å²) in [7, 11) is -1.64. The van der Waals surface area contributed by atoms with Gasteiger partial charge in [-0.1, -0.05) is 70.9 Å². The standard InChI is InChI=1S/C16H28OSi/c1-6-14(3)18(5,15(4)7-2)17-13-16-11-9-8-10-12-16/h8-12,14-15H,6-7,13H2,1-5H3. The molecule has 0 saturated heterocycles. The molecule has 0 aliphatic rings. The van der Waals surface area contributed by atoms with E-state index >= 15 is 0 Å². The van der Waals surface area contributed by atoms with Crippen molar-refractivity contribution in [1.82, 2.24) is 0 Å². The molecule has 1 aromatic rings. The predicted molar refractivity (Wildman–Crippen MR) is 82.3 cm³/mol. The Labute approximate surface area is 114 Å². The monoisotopic (exact) mass is 264 g/mol. The number of rotatable bonds is 7. The van der Waals surface area contributed by atoms with Crippen LogP contribution in [-0.2, 0) is 11.0 Å². The third-order valence-electron chi connectivity index (χ3n) is 4.57. The van der Waals surface area contributed by atoms with Crippen molar-refractivity contribution >= 4 is 8.32 Å². The van der Waals surface area contributed by atoms with Crippen molar-refractivity contribution in [2.45, 2.75) is 64.8 Å². The van der Waals surface area contributed by atoms with Gasteiger partial charge in [0.25, 0.3) is 0 Å². The topological polar surface area (TPSA) is 9.23 Å². The Bertz CT molecular complexity index is 326. The van der Waals surface area contributed by atoms with Gasteiger partial charge >= 0.3 is 0 Å². The van der Waals surface area contributed by atoms with Gasteiger partial charge in [0.15, 0.2) is 8.32 Å². The van der Waals surface area contributed by atoms with E-state index in [1.165, 1.54) is 18.4 Å². The molecular weight excluding hydrogens is 236 g/mol. The molecule has 0 radical (unpaired) electrons. The summed E-state index contributed by atoms with van der Waals surface area (Å²) >= 11 is 0. The molecule has 0 spiro atoms. The molecule has 1 rings (SSSR count). The van der Waals surface area contributed by atoms with Gasteiger partial charge in [-0.25, -0.2) is 0 Å². The average Bonchev–Trinajstić information content (AvgIpc) is 2.43. The Morgan fingerprint density at radius 1 is 1.00 bits per heavy atom. The lowest BCUT2D eigenvalue weighted by atomic mass is 10.2. The molecule has 18 heavy (non-hydrogen) atoms. The lowest BCUT2D eigenvalue weighted by molar-refractivity contribution is 0.273. The number of hydrogen-bond donors (Lipinski definition) is 0. The van der Waals surface area contributed by atoms with Crippen LogP contribution in [0, 0.1) is 0 Å².